The molecule has 0 heterocycles. The molecule has 0 saturated heterocycles. The maximum Gasteiger partial charge on any atom is 0.345 e. The fourth-order valence-electron chi connectivity index (χ4n) is 0.468. The minimum atomic E-state index is -4.23. The van der Waals surface area contributed by atoms with Gasteiger partial charge in [0.25, 0.3) is 0 Å². The Morgan fingerprint density at radius 1 is 1.23 bits per heavy atom. The van der Waals surface area contributed by atoms with Crippen LogP contribution in [0, 0.1) is 0 Å². The zero-order chi connectivity index (χ0) is 10.5. The van der Waals surface area contributed by atoms with Gasteiger partial charge < -0.3 is 14.7 Å². The molecule has 4 N–H and O–H groups in total. The Balaban J connectivity index is 3.90. The van der Waals surface area contributed by atoms with Crippen molar-refractivity contribution in [2.24, 2.45) is 0 Å². The highest BCUT2D eigenvalue weighted by molar-refractivity contribution is 7.56. The molecule has 0 aliphatic rings. The molecule has 0 amide bonds. The van der Waals surface area contributed by atoms with Crippen LogP contribution in [0.1, 0.15) is 6.92 Å². The van der Waals surface area contributed by atoms with E-state index in [1.807, 2.05) is 0 Å². The second kappa shape index (κ2) is 5.22. The SMILES string of the molecule is CCNOP(=O)(O)CCP(=O)(O)O. The third-order valence-corrected chi connectivity index (χ3v) is 3.39. The Morgan fingerprint density at radius 3 is 2.15 bits per heavy atom. The van der Waals surface area contributed by atoms with Gasteiger partial charge >= 0.3 is 15.2 Å². The van der Waals surface area contributed by atoms with Crippen LogP contribution in [0.5, 0.6) is 0 Å². The zero-order valence-corrected chi connectivity index (χ0v) is 8.87. The molecular formula is C4H13NO6P2. The molecule has 0 rings (SSSR count). The summed E-state index contributed by atoms with van der Waals surface area (Å²) in [4.78, 5) is 25.8. The van der Waals surface area contributed by atoms with Gasteiger partial charge in [0, 0.05) is 6.54 Å². The van der Waals surface area contributed by atoms with Crippen LogP contribution in [0.4, 0.5) is 0 Å². The second-order valence-electron chi connectivity index (χ2n) is 2.34. The molecule has 13 heavy (non-hydrogen) atoms. The first kappa shape index (κ1) is 13.3. The molecule has 0 aliphatic carbocycles. The number of nitrogens with one attached hydrogen (secondary N) is 1. The predicted molar refractivity (Wildman–Crippen MR) is 46.4 cm³/mol. The molecule has 80 valence electrons. The lowest BCUT2D eigenvalue weighted by Crippen LogP contribution is -2.13. The van der Waals surface area contributed by atoms with Crippen LogP contribution < -0.4 is 5.48 Å². The van der Waals surface area contributed by atoms with Crippen molar-refractivity contribution in [3.63, 3.8) is 0 Å². The topological polar surface area (TPSA) is 116 Å². The smallest absolute Gasteiger partial charge is 0.324 e. The average Bonchev–Trinajstić information content (AvgIpc) is 1.97. The van der Waals surface area contributed by atoms with E-state index in [4.69, 9.17) is 14.7 Å². The lowest BCUT2D eigenvalue weighted by atomic mass is 10.8. The summed E-state index contributed by atoms with van der Waals surface area (Å²) in [7, 11) is -8.14. The monoisotopic (exact) mass is 233 g/mol. The van der Waals surface area contributed by atoms with Crippen LogP contribution in [-0.4, -0.2) is 33.5 Å². The molecule has 0 bridgehead atoms. The first-order valence-electron chi connectivity index (χ1n) is 3.54. The lowest BCUT2D eigenvalue weighted by molar-refractivity contribution is 0.171. The molecule has 1 unspecified atom stereocenters. The van der Waals surface area contributed by atoms with Crippen molar-refractivity contribution in [1.29, 1.82) is 0 Å². The van der Waals surface area contributed by atoms with Crippen molar-refractivity contribution in [2.75, 3.05) is 18.9 Å². The molecule has 0 fully saturated rings. The third-order valence-electron chi connectivity index (χ3n) is 1.03. The first-order valence-corrected chi connectivity index (χ1v) is 7.11. The Kier molecular flexibility index (Phi) is 5.32. The van der Waals surface area contributed by atoms with Crippen molar-refractivity contribution in [3.8, 4) is 0 Å². The van der Waals surface area contributed by atoms with Crippen LogP contribution in [0.2, 0.25) is 0 Å². The van der Waals surface area contributed by atoms with Crippen molar-refractivity contribution < 1.29 is 28.4 Å². The summed E-state index contributed by atoms with van der Waals surface area (Å²) in [5, 5.41) is 0. The number of hydrogen-bond donors (Lipinski definition) is 4. The van der Waals surface area contributed by atoms with Crippen molar-refractivity contribution in [2.45, 2.75) is 6.92 Å². The number of hydrogen-bond acceptors (Lipinski definition) is 4. The van der Waals surface area contributed by atoms with Gasteiger partial charge in [0.05, 0.1) is 12.3 Å². The summed E-state index contributed by atoms with van der Waals surface area (Å²) in [6.45, 7) is 1.99. The van der Waals surface area contributed by atoms with Gasteiger partial charge in [-0.2, -0.15) is 5.48 Å². The normalized spacial score (nSPS) is 16.9. The van der Waals surface area contributed by atoms with E-state index in [9.17, 15) is 9.13 Å². The standard InChI is InChI=1S/C4H13NO6P2/c1-2-5-11-13(9,10)4-3-12(6,7)8/h5H,2-4H2,1H3,(H,9,10)(H2,6,7,8). The third kappa shape index (κ3) is 8.59. The summed E-state index contributed by atoms with van der Waals surface area (Å²) in [6.07, 6.45) is -1.23. The summed E-state index contributed by atoms with van der Waals surface area (Å²) in [5.74, 6) is 0. The molecule has 0 saturated carbocycles. The molecular weight excluding hydrogens is 220 g/mol. The van der Waals surface area contributed by atoms with Crippen LogP contribution in [-0.2, 0) is 13.8 Å². The van der Waals surface area contributed by atoms with E-state index in [2.05, 4.69) is 10.1 Å². The van der Waals surface area contributed by atoms with E-state index in [1.165, 1.54) is 0 Å². The zero-order valence-electron chi connectivity index (χ0n) is 7.08. The van der Waals surface area contributed by atoms with Gasteiger partial charge in [0.1, 0.15) is 0 Å². The molecule has 0 aromatic heterocycles. The van der Waals surface area contributed by atoms with Crippen molar-refractivity contribution >= 4 is 15.2 Å². The molecule has 7 nitrogen and oxygen atoms in total. The van der Waals surface area contributed by atoms with Crippen LogP contribution in [0.15, 0.2) is 0 Å². The highest BCUT2D eigenvalue weighted by Gasteiger charge is 2.25. The minimum absolute atomic E-state index is 0.334. The maximum absolute atomic E-state index is 10.9. The largest absolute Gasteiger partial charge is 0.345 e. The molecule has 0 aromatic carbocycles. The average molecular weight is 233 g/mol. The van der Waals surface area contributed by atoms with Gasteiger partial charge in [-0.15, -0.1) is 0 Å². The Bertz CT molecular complexity index is 237. The van der Waals surface area contributed by atoms with E-state index in [1.54, 1.807) is 6.92 Å². The fraction of sp³-hybridized carbons (Fsp3) is 1.00. The van der Waals surface area contributed by atoms with E-state index >= 15 is 0 Å². The van der Waals surface area contributed by atoms with Gasteiger partial charge in [0.2, 0.25) is 0 Å². The van der Waals surface area contributed by atoms with E-state index in [0.717, 1.165) is 0 Å². The molecule has 0 aliphatic heterocycles. The minimum Gasteiger partial charge on any atom is -0.324 e. The summed E-state index contributed by atoms with van der Waals surface area (Å²) in [6, 6.07) is 0. The van der Waals surface area contributed by atoms with Crippen LogP contribution >= 0.6 is 15.2 Å². The summed E-state index contributed by atoms with van der Waals surface area (Å²) in [5.41, 5.74) is 2.16. The second-order valence-corrected chi connectivity index (χ2v) is 6.02. The fourth-order valence-corrected chi connectivity index (χ4v) is 2.94. The van der Waals surface area contributed by atoms with Gasteiger partial charge in [-0.1, -0.05) is 6.92 Å². The molecule has 9 heteroatoms. The Morgan fingerprint density at radius 2 is 1.77 bits per heavy atom. The van der Waals surface area contributed by atoms with E-state index < -0.39 is 27.5 Å². The Hall–Kier alpha value is 0.260. The number of hydroxylamine groups is 1. The highest BCUT2D eigenvalue weighted by atomic mass is 31.2. The van der Waals surface area contributed by atoms with Crippen LogP contribution in [0.25, 0.3) is 0 Å². The molecule has 1 atom stereocenters. The van der Waals surface area contributed by atoms with Gasteiger partial charge in [-0.05, 0) is 0 Å². The molecule has 0 aromatic rings. The van der Waals surface area contributed by atoms with E-state index in [0.29, 0.717) is 6.54 Å². The quantitative estimate of drug-likeness (QED) is 0.373. The summed E-state index contributed by atoms with van der Waals surface area (Å²) < 4.78 is 25.6. The van der Waals surface area contributed by atoms with E-state index in [-0.39, 0.29) is 0 Å². The molecule has 0 radical (unpaired) electrons. The van der Waals surface area contributed by atoms with Gasteiger partial charge in [0.15, 0.2) is 0 Å². The van der Waals surface area contributed by atoms with Crippen molar-refractivity contribution in [3.05, 3.63) is 0 Å². The van der Waals surface area contributed by atoms with Gasteiger partial charge in [-0.25, -0.2) is 4.62 Å². The highest BCUT2D eigenvalue weighted by Crippen LogP contribution is 2.45. The summed E-state index contributed by atoms with van der Waals surface area (Å²) >= 11 is 0. The van der Waals surface area contributed by atoms with Crippen LogP contribution in [0.3, 0.4) is 0 Å². The first-order chi connectivity index (χ1) is 5.77. The lowest BCUT2D eigenvalue weighted by Gasteiger charge is -2.11. The number of rotatable bonds is 6. The predicted octanol–water partition coefficient (Wildman–Crippen LogP) is -0.109. The van der Waals surface area contributed by atoms with Crippen molar-refractivity contribution in [1.82, 2.24) is 5.48 Å². The maximum atomic E-state index is 10.9. The molecule has 0 spiro atoms. The Labute approximate surface area is 75.8 Å². The van der Waals surface area contributed by atoms with Gasteiger partial charge in [-0.3, -0.25) is 9.13 Å².